The maximum absolute atomic E-state index is 5.18. The van der Waals surface area contributed by atoms with E-state index >= 15 is 0 Å². The topological polar surface area (TPSA) is 12.5 Å². The van der Waals surface area contributed by atoms with Gasteiger partial charge in [-0.1, -0.05) is 13.8 Å². The molecule has 0 bridgehead atoms. The third-order valence-corrected chi connectivity index (χ3v) is 3.15. The van der Waals surface area contributed by atoms with Crippen molar-refractivity contribution in [3.63, 3.8) is 0 Å². The van der Waals surface area contributed by atoms with E-state index in [-0.39, 0.29) is 0 Å². The first-order valence-corrected chi connectivity index (χ1v) is 4.59. The molecule has 2 aliphatic rings. The number of hydrogen-bond acceptors (Lipinski definition) is 2. The zero-order valence-electron chi connectivity index (χ0n) is 7.42. The molecule has 2 nitrogen and oxygen atoms in total. The molecule has 2 rings (SSSR count). The van der Waals surface area contributed by atoms with Crippen LogP contribution in [0.1, 0.15) is 13.8 Å². The van der Waals surface area contributed by atoms with E-state index in [9.17, 15) is 0 Å². The van der Waals surface area contributed by atoms with Gasteiger partial charge in [-0.3, -0.25) is 4.90 Å². The van der Waals surface area contributed by atoms with Crippen LogP contribution in [0, 0.1) is 11.8 Å². The Morgan fingerprint density at radius 2 is 1.64 bits per heavy atom. The number of ether oxygens (including phenoxy) is 1. The van der Waals surface area contributed by atoms with Crippen LogP contribution in [0.2, 0.25) is 0 Å². The Morgan fingerprint density at radius 1 is 1.09 bits per heavy atom. The zero-order chi connectivity index (χ0) is 7.84. The van der Waals surface area contributed by atoms with Crippen molar-refractivity contribution in [2.45, 2.75) is 19.9 Å². The molecule has 0 radical (unpaired) electrons. The minimum Gasteiger partial charge on any atom is -0.378 e. The van der Waals surface area contributed by atoms with Crippen molar-refractivity contribution >= 4 is 0 Å². The molecule has 0 N–H and O–H groups in total. The van der Waals surface area contributed by atoms with Gasteiger partial charge in [0.05, 0.1) is 19.3 Å². The summed E-state index contributed by atoms with van der Waals surface area (Å²) in [5.41, 5.74) is 0. The molecule has 0 amide bonds. The van der Waals surface area contributed by atoms with Crippen LogP contribution in [-0.4, -0.2) is 37.2 Å². The van der Waals surface area contributed by atoms with Gasteiger partial charge in [0.2, 0.25) is 0 Å². The molecule has 11 heavy (non-hydrogen) atoms. The van der Waals surface area contributed by atoms with Crippen LogP contribution in [0.5, 0.6) is 0 Å². The van der Waals surface area contributed by atoms with E-state index in [0.29, 0.717) is 0 Å². The summed E-state index contributed by atoms with van der Waals surface area (Å²) in [5.74, 6) is 1.77. The van der Waals surface area contributed by atoms with Crippen molar-refractivity contribution in [2.75, 3.05) is 26.3 Å². The van der Waals surface area contributed by atoms with Crippen molar-refractivity contribution in [3.8, 4) is 0 Å². The fourth-order valence-electron chi connectivity index (χ4n) is 1.91. The Bertz CT molecular complexity index is 134. The largest absolute Gasteiger partial charge is 0.378 e. The second-order valence-electron chi connectivity index (χ2n) is 4.10. The van der Waals surface area contributed by atoms with Gasteiger partial charge in [0.1, 0.15) is 0 Å². The van der Waals surface area contributed by atoms with E-state index in [0.717, 1.165) is 31.1 Å². The number of rotatable bonds is 1. The molecule has 2 heteroatoms. The second kappa shape index (κ2) is 2.76. The van der Waals surface area contributed by atoms with Crippen molar-refractivity contribution < 1.29 is 4.74 Å². The predicted octanol–water partition coefficient (Wildman–Crippen LogP) is 0.973. The van der Waals surface area contributed by atoms with Gasteiger partial charge in [0.15, 0.2) is 0 Å². The smallest absolute Gasteiger partial charge is 0.0645 e. The van der Waals surface area contributed by atoms with E-state index in [2.05, 4.69) is 18.7 Å². The lowest BCUT2D eigenvalue weighted by Gasteiger charge is -2.34. The maximum atomic E-state index is 5.18. The molecule has 0 saturated carbocycles. The molecule has 2 fully saturated rings. The highest BCUT2D eigenvalue weighted by Crippen LogP contribution is 2.25. The van der Waals surface area contributed by atoms with Gasteiger partial charge in [-0.2, -0.15) is 0 Å². The summed E-state index contributed by atoms with van der Waals surface area (Å²) in [4.78, 5) is 2.58. The fourth-order valence-corrected chi connectivity index (χ4v) is 1.91. The van der Waals surface area contributed by atoms with E-state index in [1.807, 2.05) is 0 Å². The zero-order valence-corrected chi connectivity index (χ0v) is 7.42. The van der Waals surface area contributed by atoms with Gasteiger partial charge in [0.25, 0.3) is 0 Å². The first kappa shape index (κ1) is 7.56. The molecular weight excluding hydrogens is 138 g/mol. The summed E-state index contributed by atoms with van der Waals surface area (Å²) in [6, 6.07) is 0.752. The Morgan fingerprint density at radius 3 is 2.00 bits per heavy atom. The highest BCUT2D eigenvalue weighted by molar-refractivity contribution is 4.86. The molecule has 2 saturated heterocycles. The van der Waals surface area contributed by atoms with E-state index in [1.165, 1.54) is 13.1 Å². The van der Waals surface area contributed by atoms with Gasteiger partial charge >= 0.3 is 0 Å². The molecule has 0 aromatic rings. The Labute approximate surface area is 68.5 Å². The lowest BCUT2D eigenvalue weighted by molar-refractivity contribution is -0.0585. The van der Waals surface area contributed by atoms with Crippen molar-refractivity contribution in [3.05, 3.63) is 0 Å². The van der Waals surface area contributed by atoms with Crippen LogP contribution in [-0.2, 0) is 4.74 Å². The van der Waals surface area contributed by atoms with E-state index in [4.69, 9.17) is 4.74 Å². The van der Waals surface area contributed by atoms with Crippen LogP contribution >= 0.6 is 0 Å². The van der Waals surface area contributed by atoms with Crippen LogP contribution in [0.15, 0.2) is 0 Å². The average molecular weight is 155 g/mol. The standard InChI is InChI=1S/C9H17NO/c1-7-3-10(4-8(7)2)9-5-11-6-9/h7-9H,3-6H2,1-2H3. The average Bonchev–Trinajstić information content (AvgIpc) is 2.08. The summed E-state index contributed by atoms with van der Waals surface area (Å²) >= 11 is 0. The SMILES string of the molecule is CC1CN(C2COC2)CC1C. The highest BCUT2D eigenvalue weighted by Gasteiger charge is 2.34. The van der Waals surface area contributed by atoms with Gasteiger partial charge < -0.3 is 4.74 Å². The minimum absolute atomic E-state index is 0.752. The molecule has 2 aliphatic heterocycles. The Balaban J connectivity index is 1.87. The third kappa shape index (κ3) is 1.30. The fraction of sp³-hybridized carbons (Fsp3) is 1.00. The monoisotopic (exact) mass is 155 g/mol. The molecule has 64 valence electrons. The van der Waals surface area contributed by atoms with Gasteiger partial charge in [-0.05, 0) is 11.8 Å². The van der Waals surface area contributed by atoms with E-state index in [1.54, 1.807) is 0 Å². The normalized spacial score (nSPS) is 40.9. The third-order valence-electron chi connectivity index (χ3n) is 3.15. The molecular formula is C9H17NO. The lowest BCUT2D eigenvalue weighted by Crippen LogP contribution is -2.47. The second-order valence-corrected chi connectivity index (χ2v) is 4.10. The maximum Gasteiger partial charge on any atom is 0.0645 e. The highest BCUT2D eigenvalue weighted by atomic mass is 16.5. The van der Waals surface area contributed by atoms with Gasteiger partial charge in [-0.25, -0.2) is 0 Å². The van der Waals surface area contributed by atoms with Crippen LogP contribution < -0.4 is 0 Å². The number of hydrogen-bond donors (Lipinski definition) is 0. The molecule has 2 heterocycles. The summed E-state index contributed by atoms with van der Waals surface area (Å²) in [6.07, 6.45) is 0. The van der Waals surface area contributed by atoms with E-state index < -0.39 is 0 Å². The predicted molar refractivity (Wildman–Crippen MR) is 44.5 cm³/mol. The molecule has 0 aromatic heterocycles. The van der Waals surface area contributed by atoms with Gasteiger partial charge in [0, 0.05) is 13.1 Å². The van der Waals surface area contributed by atoms with Crippen molar-refractivity contribution in [1.29, 1.82) is 0 Å². The molecule has 0 aromatic carbocycles. The molecule has 2 unspecified atom stereocenters. The summed E-state index contributed by atoms with van der Waals surface area (Å²) in [7, 11) is 0. The number of nitrogens with zero attached hydrogens (tertiary/aromatic N) is 1. The first-order valence-electron chi connectivity index (χ1n) is 4.59. The van der Waals surface area contributed by atoms with Crippen LogP contribution in [0.4, 0.5) is 0 Å². The van der Waals surface area contributed by atoms with Crippen LogP contribution in [0.3, 0.4) is 0 Å². The quantitative estimate of drug-likeness (QED) is 0.559. The molecule has 2 atom stereocenters. The summed E-state index contributed by atoms with van der Waals surface area (Å²) in [5, 5.41) is 0. The lowest BCUT2D eigenvalue weighted by atomic mass is 10.0. The Hall–Kier alpha value is -0.0800. The first-order chi connectivity index (χ1) is 5.27. The minimum atomic E-state index is 0.752. The summed E-state index contributed by atoms with van der Waals surface area (Å²) in [6.45, 7) is 9.22. The van der Waals surface area contributed by atoms with Gasteiger partial charge in [-0.15, -0.1) is 0 Å². The van der Waals surface area contributed by atoms with Crippen LogP contribution in [0.25, 0.3) is 0 Å². The molecule has 0 aliphatic carbocycles. The summed E-state index contributed by atoms with van der Waals surface area (Å²) < 4.78 is 5.18. The number of likely N-dealkylation sites (tertiary alicyclic amines) is 1. The molecule has 0 spiro atoms. The van der Waals surface area contributed by atoms with Crippen molar-refractivity contribution in [1.82, 2.24) is 4.90 Å². The Kier molecular flexibility index (Phi) is 1.90. The van der Waals surface area contributed by atoms with Crippen molar-refractivity contribution in [2.24, 2.45) is 11.8 Å².